The Kier molecular flexibility index (Phi) is 8.23. The summed E-state index contributed by atoms with van der Waals surface area (Å²) in [6.45, 7) is 2.15. The maximum Gasteiger partial charge on any atom is 0.183 e. The molecule has 1 aromatic heterocycles. The van der Waals surface area contributed by atoms with Gasteiger partial charge in [-0.1, -0.05) is 24.3 Å². The van der Waals surface area contributed by atoms with Crippen LogP contribution in [0.2, 0.25) is 0 Å². The van der Waals surface area contributed by atoms with E-state index in [4.69, 9.17) is 0 Å². The number of aliphatic hydroxyl groups excluding tert-OH is 1. The topological polar surface area (TPSA) is 74.6 Å². The van der Waals surface area contributed by atoms with Crippen LogP contribution in [0.3, 0.4) is 0 Å². The van der Waals surface area contributed by atoms with Gasteiger partial charge in [-0.15, -0.1) is 0 Å². The average Bonchev–Trinajstić information content (AvgIpc) is 3.41. The second-order valence-electron chi connectivity index (χ2n) is 10.4. The number of anilines is 3. The summed E-state index contributed by atoms with van der Waals surface area (Å²) in [5.41, 5.74) is 6.38. The van der Waals surface area contributed by atoms with Crippen molar-refractivity contribution in [3.63, 3.8) is 0 Å². The fourth-order valence-corrected chi connectivity index (χ4v) is 5.12. The molecular formula is C33H35N3O3. The van der Waals surface area contributed by atoms with Gasteiger partial charge in [-0.3, -0.25) is 9.59 Å². The molecular weight excluding hydrogens is 486 g/mol. The highest BCUT2D eigenvalue weighted by Gasteiger charge is 2.19. The Labute approximate surface area is 229 Å². The average molecular weight is 522 g/mol. The normalized spacial score (nSPS) is 13.8. The molecule has 0 atom stereocenters. The van der Waals surface area contributed by atoms with Gasteiger partial charge < -0.3 is 19.9 Å². The van der Waals surface area contributed by atoms with Gasteiger partial charge >= 0.3 is 0 Å². The van der Waals surface area contributed by atoms with E-state index in [1.165, 1.54) is 0 Å². The zero-order valence-electron chi connectivity index (χ0n) is 22.3. The third-order valence-corrected chi connectivity index (χ3v) is 7.58. The molecule has 200 valence electrons. The molecule has 2 heterocycles. The van der Waals surface area contributed by atoms with Crippen molar-refractivity contribution >= 4 is 28.6 Å². The Morgan fingerprint density at radius 1 is 0.795 bits per heavy atom. The minimum absolute atomic E-state index is 0.0988. The highest BCUT2D eigenvalue weighted by molar-refractivity contribution is 5.98. The van der Waals surface area contributed by atoms with E-state index in [2.05, 4.69) is 10.2 Å². The monoisotopic (exact) mass is 521 g/mol. The molecule has 3 aromatic carbocycles. The molecule has 2 N–H and O–H groups in total. The van der Waals surface area contributed by atoms with Gasteiger partial charge in [0.1, 0.15) is 0 Å². The lowest BCUT2D eigenvalue weighted by Gasteiger charge is -2.32. The Balaban J connectivity index is 1.12. The number of aromatic nitrogens is 1. The molecule has 1 aliphatic rings. The Hall–Kier alpha value is -4.16. The van der Waals surface area contributed by atoms with Crippen LogP contribution in [0.1, 0.15) is 44.8 Å². The fourth-order valence-electron chi connectivity index (χ4n) is 5.12. The van der Waals surface area contributed by atoms with Crippen molar-refractivity contribution in [3.05, 3.63) is 114 Å². The number of nitrogens with one attached hydrogen (secondary N) is 1. The van der Waals surface area contributed by atoms with Gasteiger partial charge in [0, 0.05) is 68.4 Å². The first-order chi connectivity index (χ1) is 19.0. The van der Waals surface area contributed by atoms with E-state index in [0.29, 0.717) is 24.5 Å². The molecule has 39 heavy (non-hydrogen) atoms. The molecule has 1 fully saturated rings. The summed E-state index contributed by atoms with van der Waals surface area (Å²) in [6, 6.07) is 27.4. The van der Waals surface area contributed by atoms with Crippen LogP contribution in [-0.4, -0.2) is 40.9 Å². The molecule has 0 bridgehead atoms. The van der Waals surface area contributed by atoms with Crippen molar-refractivity contribution in [2.75, 3.05) is 29.9 Å². The number of aliphatic hydroxyl groups is 1. The lowest BCUT2D eigenvalue weighted by Crippen LogP contribution is -2.34. The van der Waals surface area contributed by atoms with E-state index in [-0.39, 0.29) is 18.2 Å². The zero-order chi connectivity index (χ0) is 27.2. The number of hydrogen-bond donors (Lipinski definition) is 2. The summed E-state index contributed by atoms with van der Waals surface area (Å²) in [5.74, 6) is 0.608. The van der Waals surface area contributed by atoms with Crippen molar-refractivity contribution in [1.82, 2.24) is 4.57 Å². The van der Waals surface area contributed by atoms with Gasteiger partial charge in [0.05, 0.1) is 5.69 Å². The van der Waals surface area contributed by atoms with Gasteiger partial charge in [-0.05, 0) is 90.6 Å². The number of carbonyl (C=O) groups excluding carboxylic acids is 2. The smallest absolute Gasteiger partial charge is 0.183 e. The summed E-state index contributed by atoms with van der Waals surface area (Å²) in [5, 5.41) is 12.7. The number of nitrogens with zero attached hydrogens (tertiary/aromatic N) is 2. The number of hydrogen-bond acceptors (Lipinski definition) is 5. The summed E-state index contributed by atoms with van der Waals surface area (Å²) < 4.78 is 1.84. The van der Waals surface area contributed by atoms with E-state index in [1.807, 2.05) is 103 Å². The molecule has 0 saturated carbocycles. The van der Waals surface area contributed by atoms with E-state index in [0.717, 1.165) is 59.7 Å². The number of benzene rings is 3. The Morgan fingerprint density at radius 3 is 1.87 bits per heavy atom. The lowest BCUT2D eigenvalue weighted by atomic mass is 9.97. The first kappa shape index (κ1) is 26.4. The number of aryl methyl sites for hydroxylation is 1. The van der Waals surface area contributed by atoms with Crippen molar-refractivity contribution in [3.8, 4) is 0 Å². The number of rotatable bonds is 10. The maximum atomic E-state index is 12.9. The molecule has 0 amide bonds. The number of carbonyl (C=O) groups is 2. The van der Waals surface area contributed by atoms with Crippen LogP contribution in [0.5, 0.6) is 0 Å². The molecule has 0 aliphatic carbocycles. The molecule has 4 aromatic rings. The fraction of sp³-hybridized carbons (Fsp3) is 0.273. The number of ketones is 2. The first-order valence-electron chi connectivity index (χ1n) is 13.6. The van der Waals surface area contributed by atoms with Crippen molar-refractivity contribution in [2.45, 2.75) is 25.7 Å². The largest absolute Gasteiger partial charge is 0.396 e. The van der Waals surface area contributed by atoms with Gasteiger partial charge in [0.15, 0.2) is 11.6 Å². The number of Topliss-reactive ketones (excluding diaryl/α,β-unsaturated/α-hetero) is 2. The van der Waals surface area contributed by atoms with E-state index < -0.39 is 0 Å². The molecule has 0 spiro atoms. The highest BCUT2D eigenvalue weighted by atomic mass is 16.3. The van der Waals surface area contributed by atoms with Crippen LogP contribution < -0.4 is 10.2 Å². The second-order valence-corrected chi connectivity index (χ2v) is 10.4. The summed E-state index contributed by atoms with van der Waals surface area (Å²) in [4.78, 5) is 27.7. The molecule has 0 radical (unpaired) electrons. The van der Waals surface area contributed by atoms with E-state index in [9.17, 15) is 14.7 Å². The standard InChI is InChI=1S/C33H35N3O3/c1-35-18-2-3-31(35)33(39)22-25-6-12-29(13-7-25)34-28-10-4-24(5-11-28)21-32(38)27-8-14-30(15-9-27)36-19-16-26(23-37)17-20-36/h2-15,18,26,34,37H,16-17,19-23H2,1H3. The third-order valence-electron chi connectivity index (χ3n) is 7.58. The zero-order valence-corrected chi connectivity index (χ0v) is 22.3. The predicted octanol–water partition coefficient (Wildman–Crippen LogP) is 5.83. The predicted molar refractivity (Wildman–Crippen MR) is 156 cm³/mol. The van der Waals surface area contributed by atoms with Crippen molar-refractivity contribution < 1.29 is 14.7 Å². The van der Waals surface area contributed by atoms with Crippen LogP contribution in [0.15, 0.2) is 91.1 Å². The van der Waals surface area contributed by atoms with Crippen molar-refractivity contribution in [2.24, 2.45) is 13.0 Å². The summed E-state index contributed by atoms with van der Waals surface area (Å²) in [6.07, 6.45) is 4.61. The minimum atomic E-state index is 0.0988. The SMILES string of the molecule is Cn1cccc1C(=O)Cc1ccc(Nc2ccc(CC(=O)c3ccc(N4CCC(CO)CC4)cc3)cc2)cc1. The third kappa shape index (κ3) is 6.65. The number of piperidine rings is 1. The molecule has 6 nitrogen and oxygen atoms in total. The maximum absolute atomic E-state index is 12.9. The van der Waals surface area contributed by atoms with E-state index >= 15 is 0 Å². The van der Waals surface area contributed by atoms with Crippen LogP contribution in [-0.2, 0) is 19.9 Å². The van der Waals surface area contributed by atoms with Crippen LogP contribution in [0.25, 0.3) is 0 Å². The van der Waals surface area contributed by atoms with Crippen molar-refractivity contribution in [1.29, 1.82) is 0 Å². The van der Waals surface area contributed by atoms with Crippen LogP contribution >= 0.6 is 0 Å². The molecule has 1 aliphatic heterocycles. The molecule has 5 rings (SSSR count). The molecule has 6 heteroatoms. The highest BCUT2D eigenvalue weighted by Crippen LogP contribution is 2.24. The van der Waals surface area contributed by atoms with Crippen LogP contribution in [0, 0.1) is 5.92 Å². The van der Waals surface area contributed by atoms with Gasteiger partial charge in [0.2, 0.25) is 0 Å². The summed E-state index contributed by atoms with van der Waals surface area (Å²) in [7, 11) is 1.88. The molecule has 1 saturated heterocycles. The molecule has 0 unspecified atom stereocenters. The Bertz CT molecular complexity index is 1400. The first-order valence-corrected chi connectivity index (χ1v) is 13.6. The summed E-state index contributed by atoms with van der Waals surface area (Å²) >= 11 is 0. The van der Waals surface area contributed by atoms with Gasteiger partial charge in [0.25, 0.3) is 0 Å². The minimum Gasteiger partial charge on any atom is -0.396 e. The Morgan fingerprint density at radius 2 is 1.36 bits per heavy atom. The lowest BCUT2D eigenvalue weighted by molar-refractivity contribution is 0.0980. The van der Waals surface area contributed by atoms with Crippen LogP contribution in [0.4, 0.5) is 17.1 Å². The van der Waals surface area contributed by atoms with Gasteiger partial charge in [-0.2, -0.15) is 0 Å². The second kappa shape index (κ2) is 12.1. The van der Waals surface area contributed by atoms with Gasteiger partial charge in [-0.25, -0.2) is 0 Å². The van der Waals surface area contributed by atoms with E-state index in [1.54, 1.807) is 0 Å². The quantitative estimate of drug-likeness (QED) is 0.257.